The molecule has 0 spiro atoms. The van der Waals surface area contributed by atoms with E-state index in [1.165, 1.54) is 22.5 Å². The van der Waals surface area contributed by atoms with Crippen LogP contribution in [0.1, 0.15) is 21.7 Å². The summed E-state index contributed by atoms with van der Waals surface area (Å²) >= 11 is 2.91. The Morgan fingerprint density at radius 1 is 0.794 bits per heavy atom. The van der Waals surface area contributed by atoms with Crippen LogP contribution in [0.4, 0.5) is 5.13 Å². The molecule has 0 atom stereocenters. The highest BCUT2D eigenvalue weighted by Gasteiger charge is 2.17. The van der Waals surface area contributed by atoms with Gasteiger partial charge in [0.2, 0.25) is 11.8 Å². The molecule has 34 heavy (non-hydrogen) atoms. The van der Waals surface area contributed by atoms with Crippen LogP contribution in [0.3, 0.4) is 0 Å². The third-order valence-electron chi connectivity index (χ3n) is 5.42. The first-order chi connectivity index (χ1) is 16.7. The summed E-state index contributed by atoms with van der Waals surface area (Å²) in [5.41, 5.74) is 3.11. The Morgan fingerprint density at radius 2 is 1.44 bits per heavy atom. The number of hydrogen-bond acceptors (Lipinski definition) is 5. The molecule has 0 saturated carbocycles. The highest BCUT2D eigenvalue weighted by molar-refractivity contribution is 7.14. The second kappa shape index (κ2) is 12.3. The van der Waals surface area contributed by atoms with Gasteiger partial charge in [-0.1, -0.05) is 66.7 Å². The van der Waals surface area contributed by atoms with Crippen molar-refractivity contribution in [1.29, 1.82) is 0 Å². The summed E-state index contributed by atoms with van der Waals surface area (Å²) in [4.78, 5) is 32.9. The third kappa shape index (κ3) is 7.37. The molecule has 5 nitrogen and oxygen atoms in total. The zero-order valence-electron chi connectivity index (χ0n) is 18.9. The predicted octanol–water partition coefficient (Wildman–Crippen LogP) is 5.24. The molecule has 0 aliphatic rings. The fraction of sp³-hybridized carbons (Fsp3) is 0.222. The first-order valence-corrected chi connectivity index (χ1v) is 13.0. The molecule has 4 rings (SSSR count). The largest absolute Gasteiger partial charge is 0.342 e. The first-order valence-electron chi connectivity index (χ1n) is 11.3. The predicted molar refractivity (Wildman–Crippen MR) is 139 cm³/mol. The molecule has 0 unspecified atom stereocenters. The normalized spacial score (nSPS) is 10.7. The number of nitrogens with one attached hydrogen (secondary N) is 1. The Labute approximate surface area is 208 Å². The van der Waals surface area contributed by atoms with Gasteiger partial charge in [0.1, 0.15) is 0 Å². The molecule has 2 aromatic heterocycles. The van der Waals surface area contributed by atoms with E-state index in [4.69, 9.17) is 0 Å². The second-order valence-electron chi connectivity index (χ2n) is 7.98. The number of carbonyl (C=O) groups is 2. The topological polar surface area (TPSA) is 62.3 Å². The Morgan fingerprint density at radius 3 is 2.03 bits per heavy atom. The molecule has 2 heterocycles. The van der Waals surface area contributed by atoms with E-state index in [2.05, 4.69) is 34.6 Å². The van der Waals surface area contributed by atoms with Crippen LogP contribution in [0.25, 0.3) is 0 Å². The van der Waals surface area contributed by atoms with E-state index in [0.29, 0.717) is 30.3 Å². The number of benzene rings is 2. The van der Waals surface area contributed by atoms with Gasteiger partial charge in [-0.2, -0.15) is 0 Å². The van der Waals surface area contributed by atoms with Gasteiger partial charge in [0.25, 0.3) is 0 Å². The number of thiophene rings is 1. The molecule has 1 N–H and O–H groups in total. The number of aromatic nitrogens is 1. The van der Waals surface area contributed by atoms with E-state index in [1.807, 2.05) is 64.2 Å². The molecule has 0 bridgehead atoms. The summed E-state index contributed by atoms with van der Waals surface area (Å²) in [5.74, 6) is -0.0457. The SMILES string of the molecule is O=C(Cc1cccs1)Nc1nc(CC(=O)N(CCc2ccccc2)CCc2ccccc2)cs1. The van der Waals surface area contributed by atoms with Crippen LogP contribution >= 0.6 is 22.7 Å². The minimum Gasteiger partial charge on any atom is -0.342 e. The summed E-state index contributed by atoms with van der Waals surface area (Å²) in [7, 11) is 0. The summed E-state index contributed by atoms with van der Waals surface area (Å²) in [5, 5.41) is 7.19. The van der Waals surface area contributed by atoms with E-state index in [9.17, 15) is 9.59 Å². The van der Waals surface area contributed by atoms with E-state index in [1.54, 1.807) is 11.3 Å². The van der Waals surface area contributed by atoms with E-state index in [0.717, 1.165) is 17.7 Å². The van der Waals surface area contributed by atoms with Gasteiger partial charge >= 0.3 is 0 Å². The maximum Gasteiger partial charge on any atom is 0.231 e. The molecular weight excluding hydrogens is 462 g/mol. The zero-order chi connectivity index (χ0) is 23.6. The average Bonchev–Trinajstić information content (AvgIpc) is 3.52. The Bertz CT molecular complexity index is 1130. The van der Waals surface area contributed by atoms with Crippen molar-refractivity contribution < 1.29 is 9.59 Å². The Hall–Kier alpha value is -3.29. The van der Waals surface area contributed by atoms with Gasteiger partial charge in [-0.15, -0.1) is 22.7 Å². The minimum atomic E-state index is -0.0953. The molecule has 7 heteroatoms. The molecule has 4 aromatic rings. The van der Waals surface area contributed by atoms with Crippen molar-refractivity contribution in [3.63, 3.8) is 0 Å². The highest BCUT2D eigenvalue weighted by atomic mass is 32.1. The van der Waals surface area contributed by atoms with Crippen molar-refractivity contribution in [3.05, 3.63) is 105 Å². The third-order valence-corrected chi connectivity index (χ3v) is 7.11. The monoisotopic (exact) mass is 489 g/mol. The van der Waals surface area contributed by atoms with Gasteiger partial charge in [-0.3, -0.25) is 9.59 Å². The van der Waals surface area contributed by atoms with Crippen molar-refractivity contribution in [3.8, 4) is 0 Å². The fourth-order valence-corrected chi connectivity index (χ4v) is 5.06. The van der Waals surface area contributed by atoms with Gasteiger partial charge in [-0.05, 0) is 35.4 Å². The smallest absolute Gasteiger partial charge is 0.231 e. The number of hydrogen-bond donors (Lipinski definition) is 1. The lowest BCUT2D eigenvalue weighted by Crippen LogP contribution is -2.36. The summed E-state index contributed by atoms with van der Waals surface area (Å²) < 4.78 is 0. The molecular formula is C27H27N3O2S2. The van der Waals surface area contributed by atoms with Crippen LogP contribution in [-0.2, 0) is 35.3 Å². The zero-order valence-corrected chi connectivity index (χ0v) is 20.5. The molecule has 2 amide bonds. The fourth-order valence-electron chi connectivity index (χ4n) is 3.63. The van der Waals surface area contributed by atoms with E-state index < -0.39 is 0 Å². The van der Waals surface area contributed by atoms with E-state index >= 15 is 0 Å². The molecule has 2 aromatic carbocycles. The van der Waals surface area contributed by atoms with Crippen molar-refractivity contribution in [1.82, 2.24) is 9.88 Å². The van der Waals surface area contributed by atoms with Gasteiger partial charge < -0.3 is 10.2 Å². The lowest BCUT2D eigenvalue weighted by molar-refractivity contribution is -0.130. The number of nitrogens with zero attached hydrogens (tertiary/aromatic N) is 2. The van der Waals surface area contributed by atoms with Crippen molar-refractivity contribution in [2.45, 2.75) is 25.7 Å². The van der Waals surface area contributed by atoms with Gasteiger partial charge in [0, 0.05) is 23.3 Å². The number of thiazole rings is 1. The summed E-state index contributed by atoms with van der Waals surface area (Å²) in [6, 6.07) is 24.3. The van der Waals surface area contributed by atoms with Gasteiger partial charge in [-0.25, -0.2) is 4.98 Å². The molecule has 174 valence electrons. The minimum absolute atomic E-state index is 0.0497. The molecule has 0 saturated heterocycles. The quantitative estimate of drug-likeness (QED) is 0.313. The number of carbonyl (C=O) groups excluding carboxylic acids is 2. The van der Waals surface area contributed by atoms with Crippen LogP contribution < -0.4 is 5.32 Å². The number of anilines is 1. The second-order valence-corrected chi connectivity index (χ2v) is 9.87. The van der Waals surface area contributed by atoms with E-state index in [-0.39, 0.29) is 18.2 Å². The summed E-state index contributed by atoms with van der Waals surface area (Å²) in [6.07, 6.45) is 2.17. The first kappa shape index (κ1) is 23.9. The van der Waals surface area contributed by atoms with Crippen LogP contribution in [0, 0.1) is 0 Å². The maximum absolute atomic E-state index is 13.2. The maximum atomic E-state index is 13.2. The molecule has 0 fully saturated rings. The highest BCUT2D eigenvalue weighted by Crippen LogP contribution is 2.18. The number of amides is 2. The van der Waals surface area contributed by atoms with Crippen molar-refractivity contribution in [2.75, 3.05) is 18.4 Å². The standard InChI is InChI=1S/C27H27N3O2S2/c31-25(19-24-12-7-17-33-24)29-27-28-23(20-34-27)18-26(32)30(15-13-21-8-3-1-4-9-21)16-14-22-10-5-2-6-11-22/h1-12,17,20H,13-16,18-19H2,(H,28,29,31). The van der Waals surface area contributed by atoms with Crippen molar-refractivity contribution >= 4 is 39.6 Å². The van der Waals surface area contributed by atoms with Crippen LogP contribution in [0.15, 0.2) is 83.6 Å². The molecule has 0 radical (unpaired) electrons. The molecule has 0 aliphatic carbocycles. The van der Waals surface area contributed by atoms with Gasteiger partial charge in [0.15, 0.2) is 5.13 Å². The van der Waals surface area contributed by atoms with Crippen LogP contribution in [0.2, 0.25) is 0 Å². The number of rotatable bonds is 11. The lowest BCUT2D eigenvalue weighted by Gasteiger charge is -2.23. The summed E-state index contributed by atoms with van der Waals surface area (Å²) in [6.45, 7) is 1.31. The van der Waals surface area contributed by atoms with Gasteiger partial charge in [0.05, 0.1) is 18.5 Å². The Kier molecular flexibility index (Phi) is 8.60. The molecule has 0 aliphatic heterocycles. The average molecular weight is 490 g/mol. The Balaban J connectivity index is 1.35. The van der Waals surface area contributed by atoms with Crippen molar-refractivity contribution in [2.24, 2.45) is 0 Å². The van der Waals surface area contributed by atoms with Crippen LogP contribution in [-0.4, -0.2) is 34.8 Å². The van der Waals surface area contributed by atoms with Crippen LogP contribution in [0.5, 0.6) is 0 Å². The lowest BCUT2D eigenvalue weighted by atomic mass is 10.1.